The third-order valence-electron chi connectivity index (χ3n) is 10.5. The summed E-state index contributed by atoms with van der Waals surface area (Å²) in [5, 5.41) is 2.35. The van der Waals surface area contributed by atoms with E-state index in [-0.39, 0.29) is 21.1 Å². The summed E-state index contributed by atoms with van der Waals surface area (Å²) in [7, 11) is 2.15. The van der Waals surface area contributed by atoms with Gasteiger partial charge in [0.25, 0.3) is 0 Å². The molecule has 242 valence electrons. The summed E-state index contributed by atoms with van der Waals surface area (Å²) in [6, 6.07) is 58.5. The third kappa shape index (κ3) is 4.25. The van der Waals surface area contributed by atoms with E-state index in [2.05, 4.69) is 174 Å². The number of rotatable bonds is 4. The van der Waals surface area contributed by atoms with Crippen LogP contribution >= 0.6 is 0 Å². The standard InChI is InChI=1S/C45H32N4.Pt/c1-30-24-25-46-44(26-30)49-40-19-8-5-16-36(40)37-23-22-32(28-43(37)49)45(38-17-6-3-14-34(38)35-15-4-7-18-39(35)45)31-12-11-13-33(27-31)48-29-47(2)41-20-9-10-21-42(41)48;/h3-26H,29H2,1-2H3;/q-2;+2. The van der Waals surface area contributed by atoms with Gasteiger partial charge in [0.05, 0.1) is 18.0 Å². The number of fused-ring (bicyclic) bond motifs is 7. The van der Waals surface area contributed by atoms with E-state index < -0.39 is 5.41 Å². The molecule has 3 heterocycles. The predicted molar refractivity (Wildman–Crippen MR) is 200 cm³/mol. The number of benzene rings is 6. The minimum Gasteiger partial charge on any atom is -0.355 e. The van der Waals surface area contributed by atoms with Crippen LogP contribution in [0.5, 0.6) is 0 Å². The summed E-state index contributed by atoms with van der Waals surface area (Å²) in [6.45, 7) is 2.89. The van der Waals surface area contributed by atoms with Crippen LogP contribution in [0.4, 0.5) is 17.1 Å². The molecule has 0 N–H and O–H groups in total. The number of aryl methyl sites for hydroxylation is 1. The van der Waals surface area contributed by atoms with E-state index in [1.165, 1.54) is 44.6 Å². The number of pyridine rings is 1. The summed E-state index contributed by atoms with van der Waals surface area (Å²) in [6.07, 6.45) is 1.90. The Morgan fingerprint density at radius 2 is 1.32 bits per heavy atom. The molecule has 1 aliphatic carbocycles. The smallest absolute Gasteiger partial charge is 0.355 e. The minimum atomic E-state index is -0.649. The molecule has 0 amide bonds. The summed E-state index contributed by atoms with van der Waals surface area (Å²) in [5.41, 5.74) is 13.3. The van der Waals surface area contributed by atoms with Gasteiger partial charge in [0.15, 0.2) is 0 Å². The molecule has 6 aromatic carbocycles. The molecular weight excluding hydrogens is 792 g/mol. The van der Waals surface area contributed by atoms with Crippen LogP contribution in [-0.4, -0.2) is 23.3 Å². The zero-order valence-corrected chi connectivity index (χ0v) is 29.9. The molecule has 2 aromatic heterocycles. The molecule has 4 nitrogen and oxygen atoms in total. The maximum Gasteiger partial charge on any atom is 2.00 e. The summed E-state index contributed by atoms with van der Waals surface area (Å²) in [4.78, 5) is 9.53. The van der Waals surface area contributed by atoms with Crippen molar-refractivity contribution in [2.75, 3.05) is 23.5 Å². The number of aromatic nitrogens is 2. The second-order valence-electron chi connectivity index (χ2n) is 13.2. The van der Waals surface area contributed by atoms with Gasteiger partial charge in [0.1, 0.15) is 5.82 Å². The summed E-state index contributed by atoms with van der Waals surface area (Å²) >= 11 is 0. The topological polar surface area (TPSA) is 24.3 Å². The van der Waals surface area contributed by atoms with Crippen molar-refractivity contribution < 1.29 is 21.1 Å². The van der Waals surface area contributed by atoms with Crippen LogP contribution < -0.4 is 9.80 Å². The van der Waals surface area contributed by atoms with Gasteiger partial charge in [-0.15, -0.1) is 22.6 Å². The largest absolute Gasteiger partial charge is 2.00 e. The van der Waals surface area contributed by atoms with Crippen molar-refractivity contribution in [3.8, 4) is 16.9 Å². The van der Waals surface area contributed by atoms with Crippen LogP contribution in [0, 0.1) is 19.1 Å². The van der Waals surface area contributed by atoms with E-state index in [4.69, 9.17) is 4.98 Å². The van der Waals surface area contributed by atoms with Gasteiger partial charge in [0, 0.05) is 24.2 Å². The van der Waals surface area contributed by atoms with Crippen molar-refractivity contribution in [3.63, 3.8) is 0 Å². The van der Waals surface area contributed by atoms with Crippen molar-refractivity contribution in [2.24, 2.45) is 0 Å². The SMILES string of the molecule is Cc1ccnc(-n2c3[c-]c(C4(c5[c-]c(N6CN(C)c7ccccc76)ccc5)c5ccccc5-c5ccccc54)ccc3c3ccccc32)c1.[Pt+2]. The maximum atomic E-state index is 4.86. The normalized spacial score (nSPS) is 14.0. The molecule has 0 saturated carbocycles. The fourth-order valence-electron chi connectivity index (χ4n) is 8.37. The van der Waals surface area contributed by atoms with Crippen LogP contribution in [-0.2, 0) is 26.5 Å². The zero-order valence-electron chi connectivity index (χ0n) is 27.7. The van der Waals surface area contributed by atoms with Crippen LogP contribution in [0.2, 0.25) is 0 Å². The van der Waals surface area contributed by atoms with Gasteiger partial charge in [-0.2, -0.15) is 36.4 Å². The Hall–Kier alpha value is -5.44. The Bertz CT molecular complexity index is 2560. The van der Waals surface area contributed by atoms with Crippen molar-refractivity contribution in [1.82, 2.24) is 9.55 Å². The molecule has 50 heavy (non-hydrogen) atoms. The number of nitrogens with zero attached hydrogens (tertiary/aromatic N) is 4. The molecule has 0 unspecified atom stereocenters. The van der Waals surface area contributed by atoms with Gasteiger partial charge < -0.3 is 14.4 Å². The van der Waals surface area contributed by atoms with Gasteiger partial charge in [-0.05, 0) is 70.5 Å². The van der Waals surface area contributed by atoms with Gasteiger partial charge in [-0.1, -0.05) is 90.1 Å². The second-order valence-corrected chi connectivity index (χ2v) is 13.2. The molecule has 0 bridgehead atoms. The van der Waals surface area contributed by atoms with Crippen LogP contribution in [0.1, 0.15) is 27.8 Å². The monoisotopic (exact) mass is 823 g/mol. The van der Waals surface area contributed by atoms with Crippen LogP contribution in [0.25, 0.3) is 38.8 Å². The molecule has 8 aromatic rings. The van der Waals surface area contributed by atoms with Gasteiger partial charge in [0.2, 0.25) is 0 Å². The molecule has 0 atom stereocenters. The molecule has 2 aliphatic rings. The van der Waals surface area contributed by atoms with E-state index in [0.717, 1.165) is 45.7 Å². The van der Waals surface area contributed by atoms with E-state index in [0.29, 0.717) is 0 Å². The molecule has 5 heteroatoms. The molecule has 0 radical (unpaired) electrons. The Morgan fingerprint density at radius 3 is 2.10 bits per heavy atom. The second kappa shape index (κ2) is 11.6. The number of anilines is 3. The van der Waals surface area contributed by atoms with Crippen molar-refractivity contribution in [3.05, 3.63) is 186 Å². The van der Waals surface area contributed by atoms with E-state index >= 15 is 0 Å². The van der Waals surface area contributed by atoms with Gasteiger partial charge in [-0.25, -0.2) is 4.98 Å². The molecular formula is C45H32N4Pt. The first kappa shape index (κ1) is 30.6. The number of para-hydroxylation sites is 3. The number of hydrogen-bond donors (Lipinski definition) is 0. The fourth-order valence-corrected chi connectivity index (χ4v) is 8.37. The molecule has 10 rings (SSSR count). The van der Waals surface area contributed by atoms with E-state index in [1.807, 2.05) is 12.3 Å². The Balaban J connectivity index is 0.00000336. The quantitative estimate of drug-likeness (QED) is 0.165. The Morgan fingerprint density at radius 1 is 0.640 bits per heavy atom. The average molecular weight is 824 g/mol. The first-order chi connectivity index (χ1) is 24.1. The molecule has 0 saturated heterocycles. The first-order valence-electron chi connectivity index (χ1n) is 16.8. The molecule has 1 aliphatic heterocycles. The maximum absolute atomic E-state index is 4.86. The van der Waals surface area contributed by atoms with Crippen LogP contribution in [0.3, 0.4) is 0 Å². The van der Waals surface area contributed by atoms with E-state index in [9.17, 15) is 0 Å². The van der Waals surface area contributed by atoms with Crippen molar-refractivity contribution in [1.29, 1.82) is 0 Å². The Labute approximate surface area is 306 Å². The van der Waals surface area contributed by atoms with E-state index in [1.54, 1.807) is 0 Å². The molecule has 0 fully saturated rings. The average Bonchev–Trinajstić information content (AvgIpc) is 3.77. The molecule has 0 spiro atoms. The van der Waals surface area contributed by atoms with Gasteiger partial charge >= 0.3 is 21.1 Å². The van der Waals surface area contributed by atoms with Crippen LogP contribution in [0.15, 0.2) is 146 Å². The first-order valence-corrected chi connectivity index (χ1v) is 16.8. The minimum absolute atomic E-state index is 0. The fraction of sp³-hybridized carbons (Fsp3) is 0.0889. The Kier molecular flexibility index (Phi) is 7.08. The summed E-state index contributed by atoms with van der Waals surface area (Å²) < 4.78 is 2.28. The summed E-state index contributed by atoms with van der Waals surface area (Å²) in [5.74, 6) is 0.895. The zero-order chi connectivity index (χ0) is 32.7. The predicted octanol–water partition coefficient (Wildman–Crippen LogP) is 9.99. The van der Waals surface area contributed by atoms with Crippen molar-refractivity contribution >= 4 is 38.9 Å². The number of hydrogen-bond acceptors (Lipinski definition) is 3. The third-order valence-corrected chi connectivity index (χ3v) is 10.5. The van der Waals surface area contributed by atoms with Gasteiger partial charge in [-0.3, -0.25) is 0 Å². The van der Waals surface area contributed by atoms with Crippen molar-refractivity contribution in [2.45, 2.75) is 12.3 Å².